The van der Waals surface area contributed by atoms with E-state index in [-0.39, 0.29) is 0 Å². The minimum atomic E-state index is 0.388. The molecule has 0 aromatic carbocycles. The predicted molar refractivity (Wildman–Crippen MR) is 186 cm³/mol. The molecule has 246 valence electrons. The Kier molecular flexibility index (Phi) is 8.95. The van der Waals surface area contributed by atoms with Gasteiger partial charge in [0, 0.05) is 0 Å². The van der Waals surface area contributed by atoms with E-state index in [0.29, 0.717) is 32.5 Å². The standard InChI is InChI=1S/C42H78/c1-37(2,3)31-19-25-26(20-32(31)38(4,5)6)28-22-34(40(10,11)12)36(42(16,17)18)24-30(28)29-23-35(41(13,14)15)33(21-27(25)29)39(7,8)9/h25-36H,19-24H2,1-18H3. The Hall–Kier alpha value is 0. The third-order valence-electron chi connectivity index (χ3n) is 14.6. The first-order chi connectivity index (χ1) is 18.6. The second kappa shape index (κ2) is 10.8. The van der Waals surface area contributed by atoms with Crippen molar-refractivity contribution in [3.05, 3.63) is 0 Å². The first-order valence-corrected chi connectivity index (χ1v) is 18.6. The maximum atomic E-state index is 2.58. The van der Waals surface area contributed by atoms with Crippen LogP contribution in [0.25, 0.3) is 0 Å². The van der Waals surface area contributed by atoms with Crippen LogP contribution in [-0.4, -0.2) is 0 Å². The lowest BCUT2D eigenvalue weighted by Gasteiger charge is -2.67. The highest BCUT2D eigenvalue weighted by atomic mass is 14.7. The largest absolute Gasteiger partial charge is 0.0599 e. The van der Waals surface area contributed by atoms with Gasteiger partial charge in [-0.1, -0.05) is 125 Å². The summed E-state index contributed by atoms with van der Waals surface area (Å²) in [6.07, 6.45) is 9.00. The molecule has 0 aromatic rings. The van der Waals surface area contributed by atoms with Crippen molar-refractivity contribution in [1.82, 2.24) is 0 Å². The minimum Gasteiger partial charge on any atom is -0.0599 e. The second-order valence-electron chi connectivity index (χ2n) is 23.2. The Labute approximate surface area is 266 Å². The van der Waals surface area contributed by atoms with Crippen molar-refractivity contribution in [2.24, 2.45) is 104 Å². The molecule has 4 aliphatic carbocycles. The van der Waals surface area contributed by atoms with Gasteiger partial charge < -0.3 is 0 Å². The lowest BCUT2D eigenvalue weighted by Crippen LogP contribution is -2.60. The number of hydrogen-bond donors (Lipinski definition) is 0. The number of hydrogen-bond acceptors (Lipinski definition) is 0. The van der Waals surface area contributed by atoms with Crippen LogP contribution in [0.5, 0.6) is 0 Å². The van der Waals surface area contributed by atoms with Crippen LogP contribution in [0.4, 0.5) is 0 Å². The molecule has 0 heteroatoms. The lowest BCUT2D eigenvalue weighted by molar-refractivity contribution is -0.180. The van der Waals surface area contributed by atoms with Crippen molar-refractivity contribution in [3.8, 4) is 0 Å². The van der Waals surface area contributed by atoms with Crippen LogP contribution >= 0.6 is 0 Å². The van der Waals surface area contributed by atoms with Gasteiger partial charge in [0.15, 0.2) is 0 Å². The molecule has 4 saturated carbocycles. The second-order valence-corrected chi connectivity index (χ2v) is 23.2. The molecule has 6 atom stereocenters. The number of rotatable bonds is 0. The SMILES string of the molecule is CC(C)(C)C1CC2C3CC(C(C)(C)C)C(C(C)(C)C)CC3C3CC(C(C)(C)C)C(C(C)(C)C)CC3C2CC1C(C)(C)C. The molecule has 0 N–H and O–H groups in total. The van der Waals surface area contributed by atoms with E-state index in [2.05, 4.69) is 125 Å². The molecule has 0 radical (unpaired) electrons. The van der Waals surface area contributed by atoms with Gasteiger partial charge in [0.1, 0.15) is 0 Å². The molecule has 0 bridgehead atoms. The van der Waals surface area contributed by atoms with Crippen LogP contribution in [0.3, 0.4) is 0 Å². The molecule has 42 heavy (non-hydrogen) atoms. The Balaban J connectivity index is 1.86. The van der Waals surface area contributed by atoms with Crippen molar-refractivity contribution in [2.45, 2.75) is 163 Å². The van der Waals surface area contributed by atoms with Crippen LogP contribution in [0.2, 0.25) is 0 Å². The van der Waals surface area contributed by atoms with Crippen molar-refractivity contribution in [3.63, 3.8) is 0 Å². The summed E-state index contributed by atoms with van der Waals surface area (Å²) in [4.78, 5) is 0. The molecule has 0 spiro atoms. The predicted octanol–water partition coefficient (Wildman–Crippen LogP) is 13.1. The van der Waals surface area contributed by atoms with E-state index in [0.717, 1.165) is 71.0 Å². The smallest absolute Gasteiger partial charge is 0.0329 e. The summed E-state index contributed by atoms with van der Waals surface area (Å²) in [5.41, 5.74) is 2.33. The zero-order chi connectivity index (χ0) is 32.2. The van der Waals surface area contributed by atoms with Crippen LogP contribution in [-0.2, 0) is 0 Å². The molecule has 0 nitrogen and oxygen atoms in total. The molecule has 4 aliphatic rings. The van der Waals surface area contributed by atoms with Crippen molar-refractivity contribution in [1.29, 1.82) is 0 Å². The van der Waals surface area contributed by atoms with Gasteiger partial charge in [0.25, 0.3) is 0 Å². The first kappa shape index (κ1) is 34.9. The van der Waals surface area contributed by atoms with Gasteiger partial charge in [-0.3, -0.25) is 0 Å². The third kappa shape index (κ3) is 6.60. The number of fused-ring (bicyclic) bond motifs is 6. The summed E-state index contributed by atoms with van der Waals surface area (Å²) in [7, 11) is 0. The Morgan fingerprint density at radius 3 is 0.381 bits per heavy atom. The van der Waals surface area contributed by atoms with Gasteiger partial charge in [-0.15, -0.1) is 0 Å². The molecular formula is C42H78. The van der Waals surface area contributed by atoms with E-state index >= 15 is 0 Å². The van der Waals surface area contributed by atoms with E-state index in [1.54, 1.807) is 0 Å². The average molecular weight is 583 g/mol. The molecule has 4 fully saturated rings. The van der Waals surface area contributed by atoms with E-state index in [1.165, 1.54) is 38.5 Å². The summed E-state index contributed by atoms with van der Waals surface area (Å²) in [6, 6.07) is 0. The maximum Gasteiger partial charge on any atom is -0.0329 e. The van der Waals surface area contributed by atoms with E-state index in [9.17, 15) is 0 Å². The first-order valence-electron chi connectivity index (χ1n) is 18.6. The minimum absolute atomic E-state index is 0.388. The van der Waals surface area contributed by atoms with Gasteiger partial charge >= 0.3 is 0 Å². The molecule has 0 aliphatic heterocycles. The van der Waals surface area contributed by atoms with Crippen molar-refractivity contribution < 1.29 is 0 Å². The molecule has 0 amide bonds. The zero-order valence-electron chi connectivity index (χ0n) is 32.2. The summed E-state index contributed by atoms with van der Waals surface area (Å²) in [5, 5.41) is 0. The molecule has 6 unspecified atom stereocenters. The summed E-state index contributed by atoms with van der Waals surface area (Å²) < 4.78 is 0. The van der Waals surface area contributed by atoms with Gasteiger partial charge in [-0.05, 0) is 142 Å². The quantitative estimate of drug-likeness (QED) is 0.266. The summed E-state index contributed by atoms with van der Waals surface area (Å²) in [5.74, 6) is 10.7. The molecular weight excluding hydrogens is 504 g/mol. The fourth-order valence-electron chi connectivity index (χ4n) is 12.5. The lowest BCUT2D eigenvalue weighted by atomic mass is 9.38. The van der Waals surface area contributed by atoms with Crippen molar-refractivity contribution >= 4 is 0 Å². The van der Waals surface area contributed by atoms with E-state index < -0.39 is 0 Å². The van der Waals surface area contributed by atoms with Crippen LogP contribution in [0.15, 0.2) is 0 Å². The van der Waals surface area contributed by atoms with E-state index in [4.69, 9.17) is 0 Å². The van der Waals surface area contributed by atoms with Gasteiger partial charge in [-0.2, -0.15) is 0 Å². The molecule has 0 aromatic heterocycles. The van der Waals surface area contributed by atoms with Crippen LogP contribution in [0.1, 0.15) is 163 Å². The monoisotopic (exact) mass is 583 g/mol. The van der Waals surface area contributed by atoms with E-state index in [1.807, 2.05) is 0 Å². The van der Waals surface area contributed by atoms with Gasteiger partial charge in [-0.25, -0.2) is 0 Å². The summed E-state index contributed by atoms with van der Waals surface area (Å²) >= 11 is 0. The normalized spacial score (nSPS) is 42.4. The molecule has 0 heterocycles. The van der Waals surface area contributed by atoms with Gasteiger partial charge in [0.2, 0.25) is 0 Å². The highest BCUT2D eigenvalue weighted by molar-refractivity contribution is 5.11. The fourth-order valence-corrected chi connectivity index (χ4v) is 12.5. The third-order valence-corrected chi connectivity index (χ3v) is 14.6. The van der Waals surface area contributed by atoms with Crippen LogP contribution in [0, 0.1) is 104 Å². The Morgan fingerprint density at radius 2 is 0.310 bits per heavy atom. The Morgan fingerprint density at radius 1 is 0.214 bits per heavy atom. The van der Waals surface area contributed by atoms with Crippen molar-refractivity contribution in [2.75, 3.05) is 0 Å². The molecule has 0 saturated heterocycles. The zero-order valence-corrected chi connectivity index (χ0v) is 32.2. The maximum absolute atomic E-state index is 2.58. The highest BCUT2D eigenvalue weighted by Gasteiger charge is 2.62. The average Bonchev–Trinajstić information content (AvgIpc) is 2.78. The Bertz CT molecular complexity index is 710. The topological polar surface area (TPSA) is 0 Å². The highest BCUT2D eigenvalue weighted by Crippen LogP contribution is 2.69. The fraction of sp³-hybridized carbons (Fsp3) is 1.00. The molecule has 4 rings (SSSR count). The van der Waals surface area contributed by atoms with Gasteiger partial charge in [0.05, 0.1) is 0 Å². The van der Waals surface area contributed by atoms with Crippen LogP contribution < -0.4 is 0 Å². The summed E-state index contributed by atoms with van der Waals surface area (Å²) in [6.45, 7) is 46.5.